The molecule has 0 bridgehead atoms. The summed E-state index contributed by atoms with van der Waals surface area (Å²) in [5.74, 6) is -6.02. The van der Waals surface area contributed by atoms with E-state index < -0.39 is 89.0 Å². The van der Waals surface area contributed by atoms with Gasteiger partial charge >= 0.3 is 12.0 Å². The molecule has 5 N–H and O–H groups in total. The number of aliphatic hydroxyl groups is 2. The van der Waals surface area contributed by atoms with Gasteiger partial charge in [0.05, 0.1) is 53.7 Å². The fraction of sp³-hybridized carbons (Fsp3) is 0.894. The monoisotopic (exact) mass is 865 g/mol. The van der Waals surface area contributed by atoms with E-state index in [1.165, 1.54) is 0 Å². The van der Waals surface area contributed by atoms with Crippen LogP contribution in [0.3, 0.4) is 0 Å². The lowest BCUT2D eigenvalue weighted by atomic mass is 9.72. The van der Waals surface area contributed by atoms with Crippen molar-refractivity contribution in [2.75, 3.05) is 20.3 Å². The van der Waals surface area contributed by atoms with Crippen molar-refractivity contribution in [1.82, 2.24) is 10.6 Å². The third-order valence-electron chi connectivity index (χ3n) is 15.6. The van der Waals surface area contributed by atoms with Crippen molar-refractivity contribution in [2.24, 2.45) is 41.4 Å². The van der Waals surface area contributed by atoms with E-state index in [-0.39, 0.29) is 35.7 Å². The number of carboxylic acid groups (broad SMARTS) is 1. The minimum Gasteiger partial charge on any atom is -0.481 e. The van der Waals surface area contributed by atoms with Gasteiger partial charge < -0.3 is 54.4 Å². The lowest BCUT2D eigenvalue weighted by Gasteiger charge is -2.55. The van der Waals surface area contributed by atoms with Crippen molar-refractivity contribution in [1.29, 1.82) is 0 Å². The van der Waals surface area contributed by atoms with Gasteiger partial charge in [-0.05, 0) is 96.0 Å². The van der Waals surface area contributed by atoms with Gasteiger partial charge in [0.2, 0.25) is 0 Å². The lowest BCUT2D eigenvalue weighted by Crippen LogP contribution is -2.66. The zero-order chi connectivity index (χ0) is 45.1. The Morgan fingerprint density at radius 3 is 2.25 bits per heavy atom. The smallest absolute Gasteiger partial charge is 0.315 e. The Morgan fingerprint density at radius 1 is 0.918 bits per heavy atom. The molecule has 4 saturated heterocycles. The van der Waals surface area contributed by atoms with Crippen LogP contribution in [0.25, 0.3) is 0 Å². The summed E-state index contributed by atoms with van der Waals surface area (Å²) in [7, 11) is 1.62. The average molecular weight is 865 g/mol. The van der Waals surface area contributed by atoms with Crippen molar-refractivity contribution >= 4 is 17.8 Å². The van der Waals surface area contributed by atoms with Crippen LogP contribution in [0, 0.1) is 41.4 Å². The number of aliphatic hydroxyl groups excluding tert-OH is 1. The van der Waals surface area contributed by atoms with Crippen molar-refractivity contribution in [3.8, 4) is 0 Å². The molecule has 0 aromatic heterocycles. The molecular weight excluding hydrogens is 785 g/mol. The van der Waals surface area contributed by atoms with Crippen molar-refractivity contribution in [3.05, 3.63) is 12.2 Å². The van der Waals surface area contributed by atoms with E-state index in [1.54, 1.807) is 14.0 Å². The number of aliphatic carboxylic acids is 1. The third-order valence-corrected chi connectivity index (χ3v) is 15.6. The first-order valence-corrected chi connectivity index (χ1v) is 23.5. The second-order valence-corrected chi connectivity index (χ2v) is 19.7. The number of carbonyl (C=O) groups is 3. The van der Waals surface area contributed by atoms with Crippen LogP contribution in [0.1, 0.15) is 140 Å². The van der Waals surface area contributed by atoms with Crippen LogP contribution >= 0.6 is 0 Å². The quantitative estimate of drug-likeness (QED) is 0.0786. The molecule has 14 nitrogen and oxygen atoms in total. The largest absolute Gasteiger partial charge is 0.481 e. The van der Waals surface area contributed by atoms with Crippen LogP contribution in [0.4, 0.5) is 4.79 Å². The van der Waals surface area contributed by atoms with Crippen LogP contribution in [0.2, 0.25) is 0 Å². The second-order valence-electron chi connectivity index (χ2n) is 19.7. The van der Waals surface area contributed by atoms with Gasteiger partial charge in [-0.15, -0.1) is 0 Å². The molecule has 5 aliphatic heterocycles. The van der Waals surface area contributed by atoms with Gasteiger partial charge in [-0.1, -0.05) is 61.5 Å². The molecule has 0 aliphatic carbocycles. The molecule has 2 amide bonds. The van der Waals surface area contributed by atoms with Crippen molar-refractivity contribution < 1.29 is 58.1 Å². The van der Waals surface area contributed by atoms with Crippen LogP contribution < -0.4 is 10.6 Å². The predicted octanol–water partition coefficient (Wildman–Crippen LogP) is 6.53. The number of hydrogen-bond acceptors (Lipinski definition) is 11. The summed E-state index contributed by atoms with van der Waals surface area (Å²) >= 11 is 0. The minimum absolute atomic E-state index is 0.0216. The Kier molecular flexibility index (Phi) is 16.6. The number of nitrogens with one attached hydrogen (secondary N) is 2. The summed E-state index contributed by atoms with van der Waals surface area (Å²) in [6.45, 7) is 20.6. The van der Waals surface area contributed by atoms with Crippen molar-refractivity contribution in [3.63, 3.8) is 0 Å². The number of carbonyl (C=O) groups excluding carboxylic acids is 2. The zero-order valence-electron chi connectivity index (χ0n) is 38.9. The number of ether oxygens (including phenoxy) is 6. The number of amides is 2. The second kappa shape index (κ2) is 20.3. The highest BCUT2D eigenvalue weighted by molar-refractivity contribution is 5.84. The Hall–Kier alpha value is -2.17. The molecule has 0 radical (unpaired) electrons. The van der Waals surface area contributed by atoms with Gasteiger partial charge in [0.25, 0.3) is 0 Å². The van der Waals surface area contributed by atoms with Gasteiger partial charge in [0, 0.05) is 50.4 Å². The first kappa shape index (κ1) is 49.8. The lowest BCUT2D eigenvalue weighted by molar-refractivity contribution is -0.397. The number of urea groups is 1. The maximum Gasteiger partial charge on any atom is 0.315 e. The molecule has 5 heterocycles. The van der Waals surface area contributed by atoms with E-state index >= 15 is 0 Å². The van der Waals surface area contributed by atoms with E-state index in [0.29, 0.717) is 77.4 Å². The zero-order valence-corrected chi connectivity index (χ0v) is 38.9. The van der Waals surface area contributed by atoms with Crippen LogP contribution in [0.5, 0.6) is 0 Å². The van der Waals surface area contributed by atoms with Gasteiger partial charge in [-0.2, -0.15) is 0 Å². The van der Waals surface area contributed by atoms with Gasteiger partial charge in [-0.3, -0.25) is 9.59 Å². The molecule has 0 aromatic rings. The molecule has 0 saturated carbocycles. The fourth-order valence-electron chi connectivity index (χ4n) is 11.3. The van der Waals surface area contributed by atoms with Crippen LogP contribution in [-0.2, 0) is 38.0 Å². The number of Topliss-reactive ketones (excluding diaryl/α,β-unsaturated/α-hetero) is 1. The fourth-order valence-corrected chi connectivity index (χ4v) is 11.3. The SMILES string of the molecule is CC[C@@H](C(=O)[C@@H](C)[C@@H](O)[C@H](C)[C@@H]1O[C@@H]([C@@H](CC)C(=O)O)CC[C@@H]1C)[C@H]1O[C@]2(C=C[C@@H](NC(=O)NCCCOC)[C@]3(CC[C@@](C)([C@H]4CC[C@](O)(CC)[C@H](C)O4)O3)O2)[C@H](C)C[C@@H]1C. The Labute approximate surface area is 364 Å². The van der Waals surface area contributed by atoms with E-state index in [0.717, 1.165) is 6.42 Å². The molecule has 350 valence electrons. The summed E-state index contributed by atoms with van der Waals surface area (Å²) in [6, 6.07) is -1.05. The Bertz CT molecular complexity index is 1530. The molecule has 14 heteroatoms. The van der Waals surface area contributed by atoms with E-state index in [4.69, 9.17) is 28.4 Å². The Balaban J connectivity index is 1.38. The predicted molar refractivity (Wildman–Crippen MR) is 229 cm³/mol. The number of methoxy groups -OCH3 is 1. The van der Waals surface area contributed by atoms with E-state index in [1.807, 2.05) is 53.7 Å². The number of ketones is 1. The van der Waals surface area contributed by atoms with Crippen LogP contribution in [0.15, 0.2) is 12.2 Å². The highest BCUT2D eigenvalue weighted by Crippen LogP contribution is 2.54. The standard InChI is InChI=1S/C47H80N2O12/c1-12-33(42(52)53)35-17-16-27(4)40(58-35)31(8)38(50)30(7)39(51)34(13-2)41-28(5)26-29(6)46(59-41)21-18-36(49-43(54)48-24-15-25-56-11)47(61-46)23-22-44(10,60-47)37-19-20-45(55,14-3)32(9)57-37/h18,21,27-38,40-41,50,55H,12-17,19-20,22-26H2,1-11H3,(H,52,53)(H2,48,49,54)/t27-,28-,29+,30-,31-,32-,33+,34-,35+,36+,37+,38+,40+,41-,44-,45+,46-,47-/m0/s1. The van der Waals surface area contributed by atoms with Crippen molar-refractivity contribution in [2.45, 2.75) is 205 Å². The minimum atomic E-state index is -1.34. The normalized spacial score (nSPS) is 41.5. The summed E-state index contributed by atoms with van der Waals surface area (Å²) in [6.07, 6.45) is 7.14. The molecule has 18 atom stereocenters. The molecule has 61 heavy (non-hydrogen) atoms. The molecule has 2 spiro atoms. The highest BCUT2D eigenvalue weighted by Gasteiger charge is 2.63. The summed E-state index contributed by atoms with van der Waals surface area (Å²) < 4.78 is 39.6. The Morgan fingerprint density at radius 2 is 1.62 bits per heavy atom. The van der Waals surface area contributed by atoms with Crippen LogP contribution in [-0.4, -0.2) is 119 Å². The maximum absolute atomic E-state index is 14.7. The first-order chi connectivity index (χ1) is 28.7. The molecule has 5 rings (SSSR count). The van der Waals surface area contributed by atoms with Gasteiger partial charge in [-0.25, -0.2) is 4.79 Å². The third kappa shape index (κ3) is 10.4. The van der Waals surface area contributed by atoms with E-state index in [9.17, 15) is 29.7 Å². The number of rotatable bonds is 17. The number of hydrogen-bond donors (Lipinski definition) is 5. The summed E-state index contributed by atoms with van der Waals surface area (Å²) in [4.78, 5) is 40.0. The highest BCUT2D eigenvalue weighted by atomic mass is 16.8. The number of carboxylic acids is 1. The summed E-state index contributed by atoms with van der Waals surface area (Å²) in [5.41, 5.74) is -1.71. The first-order valence-electron chi connectivity index (χ1n) is 23.5. The summed E-state index contributed by atoms with van der Waals surface area (Å²) in [5, 5.41) is 38.9. The molecule has 0 aromatic carbocycles. The average Bonchev–Trinajstić information content (AvgIpc) is 3.57. The molecule has 5 aliphatic rings. The van der Waals surface area contributed by atoms with E-state index in [2.05, 4.69) is 31.4 Å². The van der Waals surface area contributed by atoms with Gasteiger partial charge in [0.1, 0.15) is 11.8 Å². The van der Waals surface area contributed by atoms with Gasteiger partial charge in [0.15, 0.2) is 11.6 Å². The molecule has 4 fully saturated rings. The molecule has 0 unspecified atom stereocenters. The topological polar surface area (TPSA) is 191 Å². The molecular formula is C47H80N2O12. The maximum atomic E-state index is 14.7.